The van der Waals surface area contributed by atoms with E-state index in [4.69, 9.17) is 5.73 Å². The Morgan fingerprint density at radius 2 is 2.08 bits per heavy atom. The summed E-state index contributed by atoms with van der Waals surface area (Å²) in [5, 5.41) is 2.67. The zero-order chi connectivity index (χ0) is 17.7. The summed E-state index contributed by atoms with van der Waals surface area (Å²) in [5.74, 6) is -0.643. The number of pyridine rings is 1. The van der Waals surface area contributed by atoms with Crippen molar-refractivity contribution in [2.45, 2.75) is 19.1 Å². The van der Waals surface area contributed by atoms with Crippen LogP contribution in [0, 0.1) is 0 Å². The summed E-state index contributed by atoms with van der Waals surface area (Å²) in [6.45, 7) is 0.274. The van der Waals surface area contributed by atoms with Crippen molar-refractivity contribution in [1.82, 2.24) is 20.3 Å². The highest BCUT2D eigenvalue weighted by Crippen LogP contribution is 2.19. The number of hydrogen-bond acceptors (Lipinski definition) is 6. The average Bonchev–Trinajstić information content (AvgIpc) is 2.52. The number of halogens is 3. The van der Waals surface area contributed by atoms with Crippen molar-refractivity contribution in [2.24, 2.45) is 0 Å². The first-order valence-corrected chi connectivity index (χ1v) is 6.79. The zero-order valence-electron chi connectivity index (χ0n) is 12.5. The van der Waals surface area contributed by atoms with Gasteiger partial charge in [-0.2, -0.15) is 13.2 Å². The molecule has 2 rings (SSSR count). The second-order valence-corrected chi connectivity index (χ2v) is 4.83. The lowest BCUT2D eigenvalue weighted by atomic mass is 10.1. The maximum absolute atomic E-state index is 12.1. The number of aromatic nitrogens is 3. The van der Waals surface area contributed by atoms with E-state index >= 15 is 0 Å². The van der Waals surface area contributed by atoms with Gasteiger partial charge in [0.15, 0.2) is 6.61 Å². The number of carbonyl (C=O) groups excluding carboxylic acids is 1. The van der Waals surface area contributed by atoms with Crippen molar-refractivity contribution in [2.75, 3.05) is 12.3 Å². The number of nitrogens with two attached hydrogens (primary N) is 1. The van der Waals surface area contributed by atoms with E-state index in [-0.39, 0.29) is 17.5 Å². The van der Waals surface area contributed by atoms with Crippen molar-refractivity contribution < 1.29 is 22.7 Å². The highest BCUT2D eigenvalue weighted by atomic mass is 19.4. The quantitative estimate of drug-likeness (QED) is 0.861. The van der Waals surface area contributed by atoms with E-state index in [1.54, 1.807) is 6.92 Å². The Morgan fingerprint density at radius 1 is 1.33 bits per heavy atom. The summed E-state index contributed by atoms with van der Waals surface area (Å²) in [6.07, 6.45) is -1.75. The number of hydrogen-bond donors (Lipinski definition) is 2. The molecule has 2 aromatic rings. The Labute approximate surface area is 135 Å². The van der Waals surface area contributed by atoms with Gasteiger partial charge < -0.3 is 15.8 Å². The molecule has 1 atom stereocenters. The lowest BCUT2D eigenvalue weighted by Gasteiger charge is -2.14. The zero-order valence-corrected chi connectivity index (χ0v) is 12.5. The van der Waals surface area contributed by atoms with E-state index in [1.807, 2.05) is 0 Å². The van der Waals surface area contributed by atoms with Crippen molar-refractivity contribution in [3.63, 3.8) is 0 Å². The monoisotopic (exact) mass is 341 g/mol. The largest absolute Gasteiger partial charge is 0.468 e. The fraction of sp³-hybridized carbons (Fsp3) is 0.286. The minimum Gasteiger partial charge on any atom is -0.468 e. The van der Waals surface area contributed by atoms with Crippen LogP contribution in [0.15, 0.2) is 30.6 Å². The first-order valence-electron chi connectivity index (χ1n) is 6.79. The molecule has 0 aromatic carbocycles. The van der Waals surface area contributed by atoms with Crippen molar-refractivity contribution in [3.8, 4) is 5.88 Å². The normalized spacial score (nSPS) is 12.5. The molecule has 0 bridgehead atoms. The fourth-order valence-electron chi connectivity index (χ4n) is 1.74. The van der Waals surface area contributed by atoms with Crippen LogP contribution in [0.5, 0.6) is 5.88 Å². The lowest BCUT2D eigenvalue weighted by molar-refractivity contribution is -0.154. The SMILES string of the molecule is CC(NC(=O)c1ccnc(N)n1)c1ccc(OCC(F)(F)F)nc1. The van der Waals surface area contributed by atoms with Crippen LogP contribution < -0.4 is 15.8 Å². The molecule has 0 radical (unpaired) electrons. The van der Waals surface area contributed by atoms with Crippen molar-refractivity contribution in [1.29, 1.82) is 0 Å². The second-order valence-electron chi connectivity index (χ2n) is 4.83. The van der Waals surface area contributed by atoms with Gasteiger partial charge >= 0.3 is 6.18 Å². The molecule has 24 heavy (non-hydrogen) atoms. The van der Waals surface area contributed by atoms with E-state index in [9.17, 15) is 18.0 Å². The Morgan fingerprint density at radius 3 is 2.67 bits per heavy atom. The topological polar surface area (TPSA) is 103 Å². The molecule has 0 aliphatic carbocycles. The number of alkyl halides is 3. The number of anilines is 1. The molecule has 0 aliphatic heterocycles. The summed E-state index contributed by atoms with van der Waals surface area (Å²) >= 11 is 0. The van der Waals surface area contributed by atoms with Crippen LogP contribution in [-0.4, -0.2) is 33.6 Å². The summed E-state index contributed by atoms with van der Waals surface area (Å²) in [4.78, 5) is 23.3. The molecule has 0 saturated heterocycles. The molecular weight excluding hydrogens is 327 g/mol. The van der Waals surface area contributed by atoms with Gasteiger partial charge in [0.2, 0.25) is 11.8 Å². The summed E-state index contributed by atoms with van der Waals surface area (Å²) in [5.41, 5.74) is 6.10. The van der Waals surface area contributed by atoms with Crippen LogP contribution in [0.3, 0.4) is 0 Å². The smallest absolute Gasteiger partial charge is 0.422 e. The van der Waals surface area contributed by atoms with Gasteiger partial charge in [0, 0.05) is 18.5 Å². The Hall–Kier alpha value is -2.91. The second kappa shape index (κ2) is 7.11. The van der Waals surface area contributed by atoms with Crippen molar-refractivity contribution in [3.05, 3.63) is 41.9 Å². The highest BCUT2D eigenvalue weighted by molar-refractivity contribution is 5.92. The predicted octanol–water partition coefficient (Wildman–Crippen LogP) is 1.89. The third kappa shape index (κ3) is 5.07. The third-order valence-corrected chi connectivity index (χ3v) is 2.90. The van der Waals surface area contributed by atoms with Crippen molar-refractivity contribution >= 4 is 11.9 Å². The molecule has 0 saturated carbocycles. The number of nitrogens with one attached hydrogen (secondary N) is 1. The maximum atomic E-state index is 12.1. The number of amides is 1. The lowest BCUT2D eigenvalue weighted by Crippen LogP contribution is -2.27. The molecule has 0 spiro atoms. The minimum atomic E-state index is -4.43. The highest BCUT2D eigenvalue weighted by Gasteiger charge is 2.28. The van der Waals surface area contributed by atoms with Crippen LogP contribution >= 0.6 is 0 Å². The number of nitrogens with zero attached hydrogens (tertiary/aromatic N) is 3. The molecule has 10 heteroatoms. The van der Waals surface area contributed by atoms with Gasteiger partial charge in [-0.1, -0.05) is 6.07 Å². The van der Waals surface area contributed by atoms with E-state index in [0.29, 0.717) is 5.56 Å². The number of carbonyl (C=O) groups is 1. The molecule has 2 heterocycles. The minimum absolute atomic E-state index is 0.0249. The molecular formula is C14H14F3N5O2. The number of nitrogen functional groups attached to an aromatic ring is 1. The number of ether oxygens (including phenoxy) is 1. The average molecular weight is 341 g/mol. The molecule has 128 valence electrons. The first-order chi connectivity index (χ1) is 11.2. The van der Waals surface area contributed by atoms with Gasteiger partial charge in [-0.15, -0.1) is 0 Å². The summed E-state index contributed by atoms with van der Waals surface area (Å²) in [6, 6.07) is 3.77. The van der Waals surface area contributed by atoms with E-state index in [1.165, 1.54) is 30.6 Å². The van der Waals surface area contributed by atoms with Gasteiger partial charge in [-0.25, -0.2) is 15.0 Å². The first kappa shape index (κ1) is 17.4. The molecule has 0 fully saturated rings. The van der Waals surface area contributed by atoms with E-state index in [0.717, 1.165) is 0 Å². The van der Waals surface area contributed by atoms with Crippen LogP contribution in [0.1, 0.15) is 29.0 Å². The van der Waals surface area contributed by atoms with Crippen LogP contribution in [0.25, 0.3) is 0 Å². The molecule has 3 N–H and O–H groups in total. The van der Waals surface area contributed by atoms with Crippen LogP contribution in [0.2, 0.25) is 0 Å². The molecule has 1 unspecified atom stereocenters. The maximum Gasteiger partial charge on any atom is 0.422 e. The summed E-state index contributed by atoms with van der Waals surface area (Å²) < 4.78 is 40.7. The Balaban J connectivity index is 1.97. The molecule has 0 aliphatic rings. The van der Waals surface area contributed by atoms with Crippen LogP contribution in [0.4, 0.5) is 19.1 Å². The van der Waals surface area contributed by atoms with Crippen LogP contribution in [-0.2, 0) is 0 Å². The van der Waals surface area contributed by atoms with Gasteiger partial charge in [0.05, 0.1) is 6.04 Å². The number of rotatable bonds is 5. The summed E-state index contributed by atoms with van der Waals surface area (Å²) in [7, 11) is 0. The predicted molar refractivity (Wildman–Crippen MR) is 78.1 cm³/mol. The van der Waals surface area contributed by atoms with Gasteiger partial charge in [-0.3, -0.25) is 4.79 Å². The Bertz CT molecular complexity index is 706. The van der Waals surface area contributed by atoms with Gasteiger partial charge in [0.25, 0.3) is 5.91 Å². The van der Waals surface area contributed by atoms with E-state index in [2.05, 4.69) is 25.0 Å². The van der Waals surface area contributed by atoms with Gasteiger partial charge in [0.1, 0.15) is 5.69 Å². The van der Waals surface area contributed by atoms with E-state index < -0.39 is 24.7 Å². The molecule has 2 aromatic heterocycles. The third-order valence-electron chi connectivity index (χ3n) is 2.90. The van der Waals surface area contributed by atoms with Gasteiger partial charge in [-0.05, 0) is 18.6 Å². The fourth-order valence-corrected chi connectivity index (χ4v) is 1.74. The molecule has 1 amide bonds. The molecule has 7 nitrogen and oxygen atoms in total. The standard InChI is InChI=1S/C14H14F3N5O2/c1-8(21-12(23)10-4-5-19-13(18)22-10)9-2-3-11(20-6-9)24-7-14(15,16)17/h2-6,8H,7H2,1H3,(H,21,23)(H2,18,19,22). The Kier molecular flexibility index (Phi) is 5.17.